The summed E-state index contributed by atoms with van der Waals surface area (Å²) >= 11 is 0. The molecule has 0 aromatic rings. The van der Waals surface area contributed by atoms with E-state index in [0.29, 0.717) is 0 Å². The zero-order valence-corrected chi connectivity index (χ0v) is 5.65. The molecule has 2 heteroatoms. The van der Waals surface area contributed by atoms with Gasteiger partial charge in [0.05, 0.1) is 5.84 Å². The van der Waals surface area contributed by atoms with Gasteiger partial charge in [-0.15, -0.1) is 0 Å². The minimum absolute atomic E-state index is 0.770. The summed E-state index contributed by atoms with van der Waals surface area (Å²) in [6.45, 7) is 4.97. The molecule has 2 nitrogen and oxygen atoms in total. The van der Waals surface area contributed by atoms with Crippen molar-refractivity contribution >= 4 is 5.84 Å². The molecule has 0 atom stereocenters. The number of hydrogen-bond donors (Lipinski definition) is 1. The first kappa shape index (κ1) is 7.47. The summed E-state index contributed by atoms with van der Waals surface area (Å²) in [5.41, 5.74) is 5.41. The van der Waals surface area contributed by atoms with E-state index in [0.717, 1.165) is 25.2 Å². The summed E-state index contributed by atoms with van der Waals surface area (Å²) in [6, 6.07) is 0. The zero-order valence-electron chi connectivity index (χ0n) is 5.65. The number of hydrogen-bond acceptors (Lipinski definition) is 1. The van der Waals surface area contributed by atoms with E-state index >= 15 is 0 Å². The number of amidine groups is 1. The Balaban J connectivity index is 3.26. The molecule has 0 aliphatic heterocycles. The third-order valence-corrected chi connectivity index (χ3v) is 0.901. The molecule has 0 aliphatic carbocycles. The average Bonchev–Trinajstić information content (AvgIpc) is 1.83. The van der Waals surface area contributed by atoms with Crippen LogP contribution >= 0.6 is 0 Å². The van der Waals surface area contributed by atoms with Crippen molar-refractivity contribution in [2.24, 2.45) is 10.7 Å². The fraction of sp³-hybridized carbons (Fsp3) is 0.833. The Kier molecular flexibility index (Phi) is 4.32. The summed E-state index contributed by atoms with van der Waals surface area (Å²) < 4.78 is 0. The Morgan fingerprint density at radius 2 is 2.12 bits per heavy atom. The lowest BCUT2D eigenvalue weighted by Gasteiger charge is -1.91. The molecule has 2 N–H and O–H groups in total. The van der Waals surface area contributed by atoms with Gasteiger partial charge in [-0.05, 0) is 6.42 Å². The van der Waals surface area contributed by atoms with E-state index in [9.17, 15) is 0 Å². The van der Waals surface area contributed by atoms with Gasteiger partial charge in [-0.3, -0.25) is 4.99 Å². The molecule has 8 heavy (non-hydrogen) atoms. The van der Waals surface area contributed by atoms with Crippen LogP contribution in [0.15, 0.2) is 4.99 Å². The van der Waals surface area contributed by atoms with Crippen LogP contribution < -0.4 is 5.73 Å². The molecule has 0 unspecified atom stereocenters. The molecule has 0 amide bonds. The molecule has 0 aromatic heterocycles. The fourth-order valence-electron chi connectivity index (χ4n) is 0.367. The molecule has 0 radical (unpaired) electrons. The molecular weight excluding hydrogens is 100 g/mol. The second-order valence-electron chi connectivity index (χ2n) is 1.73. The SMILES string of the molecule is CCCN=C(N)CC. The van der Waals surface area contributed by atoms with Gasteiger partial charge in [0.1, 0.15) is 0 Å². The molecule has 48 valence electrons. The summed E-state index contributed by atoms with van der Waals surface area (Å²) in [6.07, 6.45) is 1.96. The maximum absolute atomic E-state index is 5.41. The summed E-state index contributed by atoms with van der Waals surface area (Å²) in [7, 11) is 0. The van der Waals surface area contributed by atoms with E-state index < -0.39 is 0 Å². The quantitative estimate of drug-likeness (QED) is 0.434. The Hall–Kier alpha value is -0.530. The van der Waals surface area contributed by atoms with E-state index in [-0.39, 0.29) is 0 Å². The number of aliphatic imine (C=N–C) groups is 1. The molecule has 0 bridgehead atoms. The second kappa shape index (κ2) is 4.62. The van der Waals surface area contributed by atoms with E-state index in [1.807, 2.05) is 6.92 Å². The molecular formula is C6H14N2. The van der Waals surface area contributed by atoms with Crippen molar-refractivity contribution in [3.63, 3.8) is 0 Å². The van der Waals surface area contributed by atoms with Crippen molar-refractivity contribution < 1.29 is 0 Å². The van der Waals surface area contributed by atoms with Crippen LogP contribution in [0.25, 0.3) is 0 Å². The standard InChI is InChI=1S/C6H14N2/c1-3-5-8-6(7)4-2/h3-5H2,1-2H3,(H2,7,8). The first-order valence-corrected chi connectivity index (χ1v) is 3.10. The predicted octanol–water partition coefficient (Wildman–Crippen LogP) is 1.16. The smallest absolute Gasteiger partial charge is 0.0934 e. The van der Waals surface area contributed by atoms with Gasteiger partial charge in [0, 0.05) is 13.0 Å². The van der Waals surface area contributed by atoms with Gasteiger partial charge in [0.2, 0.25) is 0 Å². The van der Waals surface area contributed by atoms with Gasteiger partial charge in [0.15, 0.2) is 0 Å². The number of nitrogens with zero attached hydrogens (tertiary/aromatic N) is 1. The monoisotopic (exact) mass is 114 g/mol. The maximum Gasteiger partial charge on any atom is 0.0934 e. The highest BCUT2D eigenvalue weighted by molar-refractivity contribution is 5.79. The van der Waals surface area contributed by atoms with Crippen LogP contribution in [0, 0.1) is 0 Å². The van der Waals surface area contributed by atoms with Crippen LogP contribution in [0.3, 0.4) is 0 Å². The van der Waals surface area contributed by atoms with Gasteiger partial charge >= 0.3 is 0 Å². The van der Waals surface area contributed by atoms with Crippen molar-refractivity contribution in [1.82, 2.24) is 0 Å². The van der Waals surface area contributed by atoms with E-state index in [2.05, 4.69) is 11.9 Å². The Bertz CT molecular complexity index is 76.6. The molecule has 0 saturated heterocycles. The van der Waals surface area contributed by atoms with Crippen LogP contribution in [-0.4, -0.2) is 12.4 Å². The molecule has 0 heterocycles. The minimum atomic E-state index is 0.770. The molecule has 0 spiro atoms. The number of nitrogens with two attached hydrogens (primary N) is 1. The lowest BCUT2D eigenvalue weighted by Crippen LogP contribution is -2.09. The summed E-state index contributed by atoms with van der Waals surface area (Å²) in [5.74, 6) is 0.770. The third kappa shape index (κ3) is 3.65. The third-order valence-electron chi connectivity index (χ3n) is 0.901. The van der Waals surface area contributed by atoms with Crippen LogP contribution in [0.4, 0.5) is 0 Å². The highest BCUT2D eigenvalue weighted by Gasteiger charge is 1.81. The average molecular weight is 114 g/mol. The predicted molar refractivity (Wildman–Crippen MR) is 37.1 cm³/mol. The lowest BCUT2D eigenvalue weighted by molar-refractivity contribution is 0.923. The van der Waals surface area contributed by atoms with Crippen LogP contribution in [0.1, 0.15) is 26.7 Å². The first-order valence-electron chi connectivity index (χ1n) is 3.10. The molecule has 0 rings (SSSR count). The largest absolute Gasteiger partial charge is 0.387 e. The molecule has 0 aromatic carbocycles. The molecule has 0 aliphatic rings. The Morgan fingerprint density at radius 3 is 2.50 bits per heavy atom. The summed E-state index contributed by atoms with van der Waals surface area (Å²) in [4.78, 5) is 4.06. The maximum atomic E-state index is 5.41. The zero-order chi connectivity index (χ0) is 6.41. The van der Waals surface area contributed by atoms with Crippen molar-refractivity contribution in [2.75, 3.05) is 6.54 Å². The van der Waals surface area contributed by atoms with Gasteiger partial charge < -0.3 is 5.73 Å². The van der Waals surface area contributed by atoms with Crippen molar-refractivity contribution in [2.45, 2.75) is 26.7 Å². The normalized spacial score (nSPS) is 12.0. The topological polar surface area (TPSA) is 38.4 Å². The first-order chi connectivity index (χ1) is 3.81. The van der Waals surface area contributed by atoms with Crippen molar-refractivity contribution in [3.05, 3.63) is 0 Å². The highest BCUT2D eigenvalue weighted by atomic mass is 14.8. The highest BCUT2D eigenvalue weighted by Crippen LogP contribution is 1.80. The van der Waals surface area contributed by atoms with Crippen molar-refractivity contribution in [3.8, 4) is 0 Å². The minimum Gasteiger partial charge on any atom is -0.387 e. The van der Waals surface area contributed by atoms with Gasteiger partial charge in [-0.1, -0.05) is 13.8 Å². The Labute approximate surface area is 50.8 Å². The van der Waals surface area contributed by atoms with Gasteiger partial charge in [0.25, 0.3) is 0 Å². The van der Waals surface area contributed by atoms with E-state index in [4.69, 9.17) is 5.73 Å². The van der Waals surface area contributed by atoms with Crippen molar-refractivity contribution in [1.29, 1.82) is 0 Å². The lowest BCUT2D eigenvalue weighted by atomic mass is 10.4. The fourth-order valence-corrected chi connectivity index (χ4v) is 0.367. The molecule has 0 fully saturated rings. The van der Waals surface area contributed by atoms with E-state index in [1.54, 1.807) is 0 Å². The van der Waals surface area contributed by atoms with E-state index in [1.165, 1.54) is 0 Å². The molecule has 0 saturated carbocycles. The van der Waals surface area contributed by atoms with Gasteiger partial charge in [-0.2, -0.15) is 0 Å². The Morgan fingerprint density at radius 1 is 1.50 bits per heavy atom. The van der Waals surface area contributed by atoms with Crippen LogP contribution in [0.5, 0.6) is 0 Å². The van der Waals surface area contributed by atoms with Gasteiger partial charge in [-0.25, -0.2) is 0 Å². The number of rotatable bonds is 3. The van der Waals surface area contributed by atoms with Crippen LogP contribution in [0.2, 0.25) is 0 Å². The second-order valence-corrected chi connectivity index (χ2v) is 1.73. The summed E-state index contributed by atoms with van der Waals surface area (Å²) in [5, 5.41) is 0. The van der Waals surface area contributed by atoms with Crippen LogP contribution in [-0.2, 0) is 0 Å².